The topological polar surface area (TPSA) is 214 Å². The van der Waals surface area contributed by atoms with Gasteiger partial charge in [0.2, 0.25) is 0 Å². The van der Waals surface area contributed by atoms with Crippen LogP contribution in [0.2, 0.25) is 0 Å². The van der Waals surface area contributed by atoms with Crippen molar-refractivity contribution in [3.8, 4) is 0 Å². The molecule has 0 amide bonds. The Bertz CT molecular complexity index is 4.35. The van der Waals surface area contributed by atoms with Crippen LogP contribution in [0.3, 0.4) is 0 Å². The molecule has 0 heterocycles. The zero-order valence-corrected chi connectivity index (χ0v) is 6.27. The van der Waals surface area contributed by atoms with Gasteiger partial charge in [-0.25, -0.2) is 0 Å². The Morgan fingerprint density at radius 3 is 0.375 bits per heavy atom. The molecule has 0 saturated heterocycles. The van der Waals surface area contributed by atoms with Crippen LogP contribution in [0.15, 0.2) is 0 Å². The Balaban J connectivity index is 0. The average molecular weight is 213 g/mol. The third-order valence-corrected chi connectivity index (χ3v) is 0. The van der Waals surface area contributed by atoms with Gasteiger partial charge in [0.05, 0.1) is 0 Å². The van der Waals surface area contributed by atoms with E-state index in [4.69, 9.17) is 0 Å². The van der Waals surface area contributed by atoms with E-state index in [0.29, 0.717) is 0 Å². The summed E-state index contributed by atoms with van der Waals surface area (Å²) in [5.74, 6) is 0. The first kappa shape index (κ1) is 1370. The van der Waals surface area contributed by atoms with Gasteiger partial charge in [-0.2, -0.15) is 0 Å². The van der Waals surface area contributed by atoms with Gasteiger partial charge >= 0.3 is 26.2 Å². The van der Waals surface area contributed by atoms with Gasteiger partial charge in [0.15, 0.2) is 0 Å². The fraction of sp³-hybridized carbons (Fsp3) is 0. The average Bonchev–Trinajstić information content (AvgIpc) is 0. The summed E-state index contributed by atoms with van der Waals surface area (Å²) in [4.78, 5) is 0. The minimum atomic E-state index is 0. The number of hydrogen-bond acceptors (Lipinski definition) is 0. The van der Waals surface area contributed by atoms with Gasteiger partial charge in [0, 0.05) is 0 Å². The van der Waals surface area contributed by atoms with E-state index < -0.39 is 0 Å². The normalized spacial score (nSPS) is 0. The van der Waals surface area contributed by atoms with Crippen molar-refractivity contribution in [3.63, 3.8) is 0 Å². The first-order chi connectivity index (χ1) is 0. The van der Waals surface area contributed by atoms with Crippen LogP contribution in [0.4, 0.5) is 0 Å². The number of rotatable bonds is 0. The van der Waals surface area contributed by atoms with E-state index in [1.54, 1.807) is 0 Å². The molecular formula is H10O7Zr. The first-order valence-corrected chi connectivity index (χ1v) is 0. The molecule has 0 unspecified atom stereocenters. The van der Waals surface area contributed by atoms with Crippen molar-refractivity contribution >= 4 is 0 Å². The summed E-state index contributed by atoms with van der Waals surface area (Å²) >= 11 is 0. The van der Waals surface area contributed by atoms with E-state index in [9.17, 15) is 0 Å². The molecule has 0 saturated carbocycles. The van der Waals surface area contributed by atoms with Crippen molar-refractivity contribution in [1.82, 2.24) is 0 Å². The zero-order valence-electron chi connectivity index (χ0n) is 3.82. The molecule has 8 heteroatoms. The van der Waals surface area contributed by atoms with E-state index >= 15 is 0 Å². The Hall–Kier alpha value is 0.603. The van der Waals surface area contributed by atoms with Crippen LogP contribution >= 0.6 is 0 Å². The SMILES string of the molecule is O.O.O.O.O.[O-2].[O-2].[Zr+4]. The number of hydrogen-bond donors (Lipinski definition) is 0. The van der Waals surface area contributed by atoms with E-state index in [-0.39, 0.29) is 64.5 Å². The van der Waals surface area contributed by atoms with Gasteiger partial charge in [0.25, 0.3) is 0 Å². The molecule has 10 N–H and O–H groups in total. The van der Waals surface area contributed by atoms with Crippen LogP contribution in [0.5, 0.6) is 0 Å². The predicted octanol–water partition coefficient (Wildman–Crippen LogP) is -4.36. The Morgan fingerprint density at radius 2 is 0.375 bits per heavy atom. The molecule has 0 radical (unpaired) electrons. The van der Waals surface area contributed by atoms with Crippen molar-refractivity contribution in [3.05, 3.63) is 0 Å². The van der Waals surface area contributed by atoms with Crippen molar-refractivity contribution < 1.29 is 64.5 Å². The van der Waals surface area contributed by atoms with E-state index in [0.717, 1.165) is 0 Å². The minimum absolute atomic E-state index is 0. The van der Waals surface area contributed by atoms with E-state index in [1.165, 1.54) is 0 Å². The molecule has 0 atom stereocenters. The van der Waals surface area contributed by atoms with Gasteiger partial charge in [-0.15, -0.1) is 0 Å². The first-order valence-electron chi connectivity index (χ1n) is 0. The quantitative estimate of drug-likeness (QED) is 0.372. The van der Waals surface area contributed by atoms with Crippen LogP contribution in [0, 0.1) is 0 Å². The molecule has 56 valence electrons. The summed E-state index contributed by atoms with van der Waals surface area (Å²) in [6.07, 6.45) is 0. The molecular weight excluding hydrogens is 203 g/mol. The predicted molar refractivity (Wildman–Crippen MR) is 19.4 cm³/mol. The monoisotopic (exact) mass is 212 g/mol. The molecule has 0 aromatic rings. The molecule has 0 aliphatic rings. The summed E-state index contributed by atoms with van der Waals surface area (Å²) < 4.78 is 0. The summed E-state index contributed by atoms with van der Waals surface area (Å²) in [5.41, 5.74) is 0. The maximum absolute atomic E-state index is 0. The van der Waals surface area contributed by atoms with Crippen LogP contribution < -0.4 is 0 Å². The van der Waals surface area contributed by atoms with Crippen molar-refractivity contribution in [1.29, 1.82) is 0 Å². The molecule has 0 aromatic carbocycles. The fourth-order valence-electron chi connectivity index (χ4n) is 0. The van der Waals surface area contributed by atoms with Gasteiger partial charge in [-0.05, 0) is 0 Å². The molecule has 7 nitrogen and oxygen atoms in total. The molecule has 0 spiro atoms. The van der Waals surface area contributed by atoms with Crippen molar-refractivity contribution in [2.75, 3.05) is 0 Å². The van der Waals surface area contributed by atoms with Gasteiger partial charge in [-0.3, -0.25) is 0 Å². The zero-order chi connectivity index (χ0) is 0. The Labute approximate surface area is 65.0 Å². The Kier molecular flexibility index (Phi) is 156000. The fourth-order valence-corrected chi connectivity index (χ4v) is 0. The van der Waals surface area contributed by atoms with Crippen LogP contribution in [0.1, 0.15) is 0 Å². The molecule has 8 heavy (non-hydrogen) atoms. The van der Waals surface area contributed by atoms with Gasteiger partial charge in [-0.1, -0.05) is 0 Å². The second kappa shape index (κ2) is 911. The van der Waals surface area contributed by atoms with Crippen LogP contribution in [-0.4, -0.2) is 27.4 Å². The standard InChI is InChI=1S/5H2O.2O.Zr/h5*1H2;;;/q;;;;;2*-2;+4. The molecule has 0 aromatic heterocycles. The molecule has 0 aliphatic heterocycles. The van der Waals surface area contributed by atoms with E-state index in [1.807, 2.05) is 0 Å². The van der Waals surface area contributed by atoms with Gasteiger partial charge in [0.1, 0.15) is 0 Å². The smallest absolute Gasteiger partial charge is 2.00 e. The maximum Gasteiger partial charge on any atom is 4.00 e. The molecule has 0 aliphatic carbocycles. The van der Waals surface area contributed by atoms with Crippen molar-refractivity contribution in [2.24, 2.45) is 0 Å². The summed E-state index contributed by atoms with van der Waals surface area (Å²) in [6.45, 7) is 0. The Morgan fingerprint density at radius 1 is 0.375 bits per heavy atom. The second-order valence-electron chi connectivity index (χ2n) is 0. The second-order valence-corrected chi connectivity index (χ2v) is 0. The molecule has 0 rings (SSSR count). The summed E-state index contributed by atoms with van der Waals surface area (Å²) in [6, 6.07) is 0. The largest absolute Gasteiger partial charge is 4.00 e. The van der Waals surface area contributed by atoms with Crippen LogP contribution in [-0.2, 0) is 37.2 Å². The summed E-state index contributed by atoms with van der Waals surface area (Å²) in [7, 11) is 0. The summed E-state index contributed by atoms with van der Waals surface area (Å²) in [5, 5.41) is 0. The van der Waals surface area contributed by atoms with Crippen LogP contribution in [0.25, 0.3) is 0 Å². The van der Waals surface area contributed by atoms with Crippen molar-refractivity contribution in [2.45, 2.75) is 0 Å². The minimum Gasteiger partial charge on any atom is -2.00 e. The molecule has 0 fully saturated rings. The third kappa shape index (κ3) is 570. The molecule has 0 bridgehead atoms. The maximum atomic E-state index is 0. The van der Waals surface area contributed by atoms with E-state index in [2.05, 4.69) is 0 Å². The van der Waals surface area contributed by atoms with Gasteiger partial charge < -0.3 is 38.3 Å². The third-order valence-electron chi connectivity index (χ3n) is 0.